The second-order valence-corrected chi connectivity index (χ2v) is 6.50. The van der Waals surface area contributed by atoms with Gasteiger partial charge >= 0.3 is 0 Å². The summed E-state index contributed by atoms with van der Waals surface area (Å²) in [5, 5.41) is 9.63. The van der Waals surface area contributed by atoms with E-state index in [1.807, 2.05) is 12.1 Å². The Balaban J connectivity index is 1.67. The first-order valence-corrected chi connectivity index (χ1v) is 8.41. The summed E-state index contributed by atoms with van der Waals surface area (Å²) in [5.74, 6) is 1.52. The quantitative estimate of drug-likeness (QED) is 0.852. The molecule has 2 aliphatic rings. The van der Waals surface area contributed by atoms with Crippen LogP contribution in [0.2, 0.25) is 0 Å². The molecule has 1 aromatic heterocycles. The van der Waals surface area contributed by atoms with Crippen molar-refractivity contribution in [1.29, 1.82) is 5.26 Å². The summed E-state index contributed by atoms with van der Waals surface area (Å²) in [6.45, 7) is 2.04. The average Bonchev–Trinajstić information content (AvgIpc) is 2.62. The van der Waals surface area contributed by atoms with Crippen LogP contribution >= 0.6 is 0 Å². The van der Waals surface area contributed by atoms with Crippen LogP contribution in [0.5, 0.6) is 5.75 Å². The highest BCUT2D eigenvalue weighted by atomic mass is 16.5. The number of aromatic nitrogens is 1. The predicted octanol–water partition coefficient (Wildman–Crippen LogP) is 3.61. The van der Waals surface area contributed by atoms with E-state index in [2.05, 4.69) is 11.1 Å². The number of ether oxygens (including phenoxy) is 2. The van der Waals surface area contributed by atoms with Crippen LogP contribution in [0.1, 0.15) is 50.6 Å². The SMILES string of the molecule is N#CC1(c2cc(OCC3CCCCC3)ccn2)CCOCC1. The first-order valence-electron chi connectivity index (χ1n) is 8.41. The Kier molecular flexibility index (Phi) is 4.94. The van der Waals surface area contributed by atoms with Crippen molar-refractivity contribution in [2.45, 2.75) is 50.4 Å². The van der Waals surface area contributed by atoms with Gasteiger partial charge in [0, 0.05) is 25.5 Å². The molecule has 1 aliphatic heterocycles. The molecule has 1 aliphatic carbocycles. The van der Waals surface area contributed by atoms with Crippen molar-refractivity contribution in [2.24, 2.45) is 5.92 Å². The second-order valence-electron chi connectivity index (χ2n) is 6.50. The van der Waals surface area contributed by atoms with Crippen LogP contribution in [0.3, 0.4) is 0 Å². The van der Waals surface area contributed by atoms with Crippen LogP contribution in [0, 0.1) is 17.2 Å². The molecule has 2 heterocycles. The van der Waals surface area contributed by atoms with Crippen LogP contribution in [-0.2, 0) is 10.2 Å². The topological polar surface area (TPSA) is 55.1 Å². The van der Waals surface area contributed by atoms with Gasteiger partial charge in [-0.15, -0.1) is 0 Å². The Labute approximate surface area is 132 Å². The van der Waals surface area contributed by atoms with Crippen LogP contribution in [0.15, 0.2) is 18.3 Å². The van der Waals surface area contributed by atoms with E-state index < -0.39 is 5.41 Å². The standard InChI is InChI=1S/C18H24N2O2/c19-14-18(7-10-21-11-8-18)17-12-16(6-9-20-17)22-13-15-4-2-1-3-5-15/h6,9,12,15H,1-5,7-8,10-11,13H2. The lowest BCUT2D eigenvalue weighted by Gasteiger charge is -2.30. The molecule has 0 spiro atoms. The molecule has 0 N–H and O–H groups in total. The van der Waals surface area contributed by atoms with Crippen molar-refractivity contribution in [3.05, 3.63) is 24.0 Å². The lowest BCUT2D eigenvalue weighted by Crippen LogP contribution is -2.33. The third kappa shape index (κ3) is 3.41. The van der Waals surface area contributed by atoms with Crippen molar-refractivity contribution in [3.63, 3.8) is 0 Å². The Bertz CT molecular complexity index is 526. The van der Waals surface area contributed by atoms with Crippen molar-refractivity contribution in [1.82, 2.24) is 4.98 Å². The van der Waals surface area contributed by atoms with E-state index in [0.717, 1.165) is 18.1 Å². The Morgan fingerprint density at radius 1 is 1.27 bits per heavy atom. The molecule has 0 unspecified atom stereocenters. The van der Waals surface area contributed by atoms with Crippen molar-refractivity contribution in [2.75, 3.05) is 19.8 Å². The zero-order valence-electron chi connectivity index (χ0n) is 13.1. The molecule has 1 aromatic rings. The molecule has 22 heavy (non-hydrogen) atoms. The molecule has 4 heteroatoms. The van der Waals surface area contributed by atoms with Gasteiger partial charge in [-0.3, -0.25) is 4.98 Å². The summed E-state index contributed by atoms with van der Waals surface area (Å²) in [5.41, 5.74) is 0.321. The molecular weight excluding hydrogens is 276 g/mol. The van der Waals surface area contributed by atoms with Crippen molar-refractivity contribution in [3.8, 4) is 11.8 Å². The summed E-state index contributed by atoms with van der Waals surface area (Å²) in [7, 11) is 0. The largest absolute Gasteiger partial charge is 0.493 e. The molecule has 4 nitrogen and oxygen atoms in total. The summed E-state index contributed by atoms with van der Waals surface area (Å²) < 4.78 is 11.4. The molecule has 0 atom stereocenters. The van der Waals surface area contributed by atoms with E-state index in [1.165, 1.54) is 32.1 Å². The van der Waals surface area contributed by atoms with Gasteiger partial charge < -0.3 is 9.47 Å². The minimum atomic E-state index is -0.511. The highest BCUT2D eigenvalue weighted by molar-refractivity contribution is 5.33. The van der Waals surface area contributed by atoms with Gasteiger partial charge in [-0.2, -0.15) is 5.26 Å². The van der Waals surface area contributed by atoms with E-state index in [1.54, 1.807) is 6.20 Å². The number of rotatable bonds is 4. The molecule has 3 rings (SSSR count). The van der Waals surface area contributed by atoms with Gasteiger partial charge in [0.2, 0.25) is 0 Å². The van der Waals surface area contributed by atoms with Crippen LogP contribution in [0.4, 0.5) is 0 Å². The van der Waals surface area contributed by atoms with E-state index in [4.69, 9.17) is 9.47 Å². The number of nitrogens with zero attached hydrogens (tertiary/aromatic N) is 2. The minimum Gasteiger partial charge on any atom is -0.493 e. The zero-order valence-corrected chi connectivity index (χ0v) is 13.1. The van der Waals surface area contributed by atoms with E-state index >= 15 is 0 Å². The van der Waals surface area contributed by atoms with E-state index in [9.17, 15) is 5.26 Å². The lowest BCUT2D eigenvalue weighted by atomic mass is 9.78. The van der Waals surface area contributed by atoms with Crippen LogP contribution in [0.25, 0.3) is 0 Å². The molecular formula is C18H24N2O2. The predicted molar refractivity (Wildman–Crippen MR) is 83.7 cm³/mol. The van der Waals surface area contributed by atoms with Gasteiger partial charge in [0.15, 0.2) is 0 Å². The zero-order chi connectivity index (χ0) is 15.3. The summed E-state index contributed by atoms with van der Waals surface area (Å²) in [6, 6.07) is 6.32. The first kappa shape index (κ1) is 15.3. The van der Waals surface area contributed by atoms with Gasteiger partial charge in [0.05, 0.1) is 18.4 Å². The fraction of sp³-hybridized carbons (Fsp3) is 0.667. The van der Waals surface area contributed by atoms with Gasteiger partial charge in [0.25, 0.3) is 0 Å². The third-order valence-electron chi connectivity index (χ3n) is 4.99. The van der Waals surface area contributed by atoms with Gasteiger partial charge in [0.1, 0.15) is 11.2 Å². The summed E-state index contributed by atoms with van der Waals surface area (Å²) >= 11 is 0. The van der Waals surface area contributed by atoms with E-state index in [0.29, 0.717) is 32.0 Å². The minimum absolute atomic E-state index is 0.511. The average molecular weight is 300 g/mol. The van der Waals surface area contributed by atoms with Gasteiger partial charge in [-0.1, -0.05) is 19.3 Å². The molecule has 2 fully saturated rings. The van der Waals surface area contributed by atoms with Gasteiger partial charge in [-0.25, -0.2) is 0 Å². The second kappa shape index (κ2) is 7.11. The van der Waals surface area contributed by atoms with E-state index in [-0.39, 0.29) is 0 Å². The normalized spacial score (nSPS) is 22.0. The smallest absolute Gasteiger partial charge is 0.122 e. The molecule has 1 saturated heterocycles. The van der Waals surface area contributed by atoms with Gasteiger partial charge in [-0.05, 0) is 37.7 Å². The number of hydrogen-bond donors (Lipinski definition) is 0. The number of nitriles is 1. The number of hydrogen-bond acceptors (Lipinski definition) is 4. The molecule has 0 bridgehead atoms. The fourth-order valence-corrected chi connectivity index (χ4v) is 3.48. The molecule has 118 valence electrons. The molecule has 1 saturated carbocycles. The van der Waals surface area contributed by atoms with Crippen molar-refractivity contribution < 1.29 is 9.47 Å². The Morgan fingerprint density at radius 2 is 2.05 bits per heavy atom. The maximum atomic E-state index is 9.63. The summed E-state index contributed by atoms with van der Waals surface area (Å²) in [4.78, 5) is 4.44. The van der Waals surface area contributed by atoms with Crippen LogP contribution < -0.4 is 4.74 Å². The van der Waals surface area contributed by atoms with Crippen molar-refractivity contribution >= 4 is 0 Å². The highest BCUT2D eigenvalue weighted by Crippen LogP contribution is 2.34. The third-order valence-corrected chi connectivity index (χ3v) is 4.99. The summed E-state index contributed by atoms with van der Waals surface area (Å²) in [6.07, 6.45) is 9.75. The maximum Gasteiger partial charge on any atom is 0.122 e. The molecule has 0 amide bonds. The number of pyridine rings is 1. The lowest BCUT2D eigenvalue weighted by molar-refractivity contribution is 0.0662. The Morgan fingerprint density at radius 3 is 2.77 bits per heavy atom. The molecule has 0 radical (unpaired) electrons. The first-order chi connectivity index (χ1) is 10.8. The van der Waals surface area contributed by atoms with Crippen LogP contribution in [-0.4, -0.2) is 24.8 Å². The highest BCUT2D eigenvalue weighted by Gasteiger charge is 2.36. The maximum absolute atomic E-state index is 9.63. The Hall–Kier alpha value is -1.60. The monoisotopic (exact) mass is 300 g/mol. The molecule has 0 aromatic carbocycles. The fourth-order valence-electron chi connectivity index (χ4n) is 3.48.